The predicted molar refractivity (Wildman–Crippen MR) is 96.6 cm³/mol. The van der Waals surface area contributed by atoms with Crippen LogP contribution in [0.4, 0.5) is 10.5 Å². The van der Waals surface area contributed by atoms with Crippen molar-refractivity contribution >= 4 is 11.7 Å². The van der Waals surface area contributed by atoms with Crippen LogP contribution in [0.3, 0.4) is 0 Å². The van der Waals surface area contributed by atoms with Crippen LogP contribution in [0, 0.1) is 13.8 Å². The molecule has 1 aliphatic rings. The van der Waals surface area contributed by atoms with Crippen molar-refractivity contribution in [1.29, 1.82) is 0 Å². The van der Waals surface area contributed by atoms with Crippen LogP contribution in [0.2, 0.25) is 0 Å². The lowest BCUT2D eigenvalue weighted by molar-refractivity contribution is 0.115. The van der Waals surface area contributed by atoms with E-state index in [-0.39, 0.29) is 12.1 Å². The summed E-state index contributed by atoms with van der Waals surface area (Å²) >= 11 is 0. The molecule has 0 atom stereocenters. The number of benzene rings is 2. The van der Waals surface area contributed by atoms with Crippen LogP contribution in [0.25, 0.3) is 0 Å². The van der Waals surface area contributed by atoms with Crippen LogP contribution < -0.4 is 10.1 Å². The molecule has 2 aromatic rings. The Morgan fingerprint density at radius 1 is 1.08 bits per heavy atom. The van der Waals surface area contributed by atoms with Gasteiger partial charge in [-0.3, -0.25) is 0 Å². The van der Waals surface area contributed by atoms with Gasteiger partial charge in [-0.25, -0.2) is 4.79 Å². The van der Waals surface area contributed by atoms with Crippen molar-refractivity contribution < 1.29 is 9.53 Å². The molecule has 1 saturated heterocycles. The zero-order chi connectivity index (χ0) is 16.9. The van der Waals surface area contributed by atoms with E-state index < -0.39 is 0 Å². The molecule has 4 heteroatoms. The Morgan fingerprint density at radius 3 is 2.50 bits per heavy atom. The third kappa shape index (κ3) is 4.07. The fraction of sp³-hybridized carbons (Fsp3) is 0.350. The van der Waals surface area contributed by atoms with Gasteiger partial charge < -0.3 is 15.0 Å². The summed E-state index contributed by atoms with van der Waals surface area (Å²) in [6.45, 7) is 5.57. The van der Waals surface area contributed by atoms with Gasteiger partial charge in [0, 0.05) is 31.6 Å². The molecule has 126 valence electrons. The summed E-state index contributed by atoms with van der Waals surface area (Å²) in [5.41, 5.74) is 3.19. The largest absolute Gasteiger partial charge is 0.490 e. The predicted octanol–water partition coefficient (Wildman–Crippen LogP) is 4.38. The molecule has 1 N–H and O–H groups in total. The molecule has 0 aliphatic carbocycles. The van der Waals surface area contributed by atoms with Crippen LogP contribution in [-0.2, 0) is 0 Å². The van der Waals surface area contributed by atoms with Gasteiger partial charge in [-0.2, -0.15) is 0 Å². The molecule has 2 aromatic carbocycles. The number of hydrogen-bond acceptors (Lipinski definition) is 2. The molecule has 0 saturated carbocycles. The molecule has 0 radical (unpaired) electrons. The SMILES string of the molecule is Cc1ccc(C)c(OC2CCN(C(=O)Nc3ccccc3)CC2)c1. The van der Waals surface area contributed by atoms with Crippen molar-refractivity contribution in [3.05, 3.63) is 59.7 Å². The molecule has 24 heavy (non-hydrogen) atoms. The molecular formula is C20H24N2O2. The molecule has 1 aliphatic heterocycles. The van der Waals surface area contributed by atoms with Gasteiger partial charge in [0.1, 0.15) is 11.9 Å². The van der Waals surface area contributed by atoms with E-state index in [1.54, 1.807) is 0 Å². The fourth-order valence-electron chi connectivity index (χ4n) is 2.91. The van der Waals surface area contributed by atoms with Crippen LogP contribution in [0.5, 0.6) is 5.75 Å². The number of piperidine rings is 1. The quantitative estimate of drug-likeness (QED) is 0.910. The number of nitrogens with zero attached hydrogens (tertiary/aromatic N) is 1. The minimum Gasteiger partial charge on any atom is -0.490 e. The van der Waals surface area contributed by atoms with Gasteiger partial charge in [-0.1, -0.05) is 30.3 Å². The maximum atomic E-state index is 12.3. The molecule has 0 aromatic heterocycles. The number of nitrogens with one attached hydrogen (secondary N) is 1. The average Bonchev–Trinajstić information content (AvgIpc) is 2.60. The van der Waals surface area contributed by atoms with Gasteiger partial charge in [0.2, 0.25) is 0 Å². The topological polar surface area (TPSA) is 41.6 Å². The van der Waals surface area contributed by atoms with Crippen LogP contribution in [0.15, 0.2) is 48.5 Å². The van der Waals surface area contributed by atoms with Crippen molar-refractivity contribution in [2.75, 3.05) is 18.4 Å². The van der Waals surface area contributed by atoms with E-state index in [1.165, 1.54) is 5.56 Å². The fourth-order valence-corrected chi connectivity index (χ4v) is 2.91. The summed E-state index contributed by atoms with van der Waals surface area (Å²) in [6, 6.07) is 15.8. The summed E-state index contributed by atoms with van der Waals surface area (Å²) < 4.78 is 6.15. The lowest BCUT2D eigenvalue weighted by atomic mass is 10.1. The summed E-state index contributed by atoms with van der Waals surface area (Å²) in [6.07, 6.45) is 1.89. The van der Waals surface area contributed by atoms with Gasteiger partial charge in [0.25, 0.3) is 0 Å². The second kappa shape index (κ2) is 7.39. The zero-order valence-electron chi connectivity index (χ0n) is 14.3. The van der Waals surface area contributed by atoms with Crippen LogP contribution in [0.1, 0.15) is 24.0 Å². The Bertz CT molecular complexity index is 692. The highest BCUT2D eigenvalue weighted by molar-refractivity contribution is 5.89. The first-order valence-corrected chi connectivity index (χ1v) is 8.47. The van der Waals surface area contributed by atoms with E-state index in [4.69, 9.17) is 4.74 Å². The molecule has 0 bridgehead atoms. The molecule has 0 spiro atoms. The van der Waals surface area contributed by atoms with E-state index in [2.05, 4.69) is 37.4 Å². The van der Waals surface area contributed by atoms with E-state index >= 15 is 0 Å². The Balaban J connectivity index is 1.52. The van der Waals surface area contributed by atoms with Crippen molar-refractivity contribution in [2.24, 2.45) is 0 Å². The number of ether oxygens (including phenoxy) is 1. The van der Waals surface area contributed by atoms with Crippen molar-refractivity contribution in [1.82, 2.24) is 4.90 Å². The summed E-state index contributed by atoms with van der Waals surface area (Å²) in [5, 5.41) is 2.94. The minimum atomic E-state index is -0.0358. The number of para-hydroxylation sites is 1. The van der Waals surface area contributed by atoms with Gasteiger partial charge >= 0.3 is 6.03 Å². The minimum absolute atomic E-state index is 0.0358. The third-order valence-electron chi connectivity index (χ3n) is 4.39. The summed E-state index contributed by atoms with van der Waals surface area (Å²) in [4.78, 5) is 14.2. The first-order valence-electron chi connectivity index (χ1n) is 8.47. The smallest absolute Gasteiger partial charge is 0.321 e. The normalized spacial score (nSPS) is 15.2. The van der Waals surface area contributed by atoms with Gasteiger partial charge in [0.15, 0.2) is 0 Å². The lowest BCUT2D eigenvalue weighted by Crippen LogP contribution is -2.43. The van der Waals surface area contributed by atoms with Gasteiger partial charge in [-0.15, -0.1) is 0 Å². The number of hydrogen-bond donors (Lipinski definition) is 1. The van der Waals surface area contributed by atoms with E-state index in [1.807, 2.05) is 35.2 Å². The summed E-state index contributed by atoms with van der Waals surface area (Å²) in [5.74, 6) is 0.960. The standard InChI is InChI=1S/C20H24N2O2/c1-15-8-9-16(2)19(14-15)24-18-10-12-22(13-11-18)20(23)21-17-6-4-3-5-7-17/h3-9,14,18H,10-13H2,1-2H3,(H,21,23). The van der Waals surface area contributed by atoms with E-state index in [0.717, 1.165) is 29.8 Å². The van der Waals surface area contributed by atoms with Gasteiger partial charge in [-0.05, 0) is 43.2 Å². The maximum Gasteiger partial charge on any atom is 0.321 e. The molecule has 0 unspecified atom stereocenters. The van der Waals surface area contributed by atoms with Crippen LogP contribution >= 0.6 is 0 Å². The maximum absolute atomic E-state index is 12.3. The van der Waals surface area contributed by atoms with Gasteiger partial charge in [0.05, 0.1) is 0 Å². The number of carbonyl (C=O) groups is 1. The Labute approximate surface area is 143 Å². The highest BCUT2D eigenvalue weighted by atomic mass is 16.5. The molecule has 3 rings (SSSR count). The second-order valence-corrected chi connectivity index (χ2v) is 6.37. The number of rotatable bonds is 3. The Morgan fingerprint density at radius 2 is 1.79 bits per heavy atom. The summed E-state index contributed by atoms with van der Waals surface area (Å²) in [7, 11) is 0. The number of anilines is 1. The Kier molecular flexibility index (Phi) is 5.04. The van der Waals surface area contributed by atoms with E-state index in [0.29, 0.717) is 13.1 Å². The number of amides is 2. The van der Waals surface area contributed by atoms with Crippen molar-refractivity contribution in [2.45, 2.75) is 32.8 Å². The first-order chi connectivity index (χ1) is 11.6. The highest BCUT2D eigenvalue weighted by Gasteiger charge is 2.24. The molecule has 4 nitrogen and oxygen atoms in total. The van der Waals surface area contributed by atoms with E-state index in [9.17, 15) is 4.79 Å². The second-order valence-electron chi connectivity index (χ2n) is 6.37. The first kappa shape index (κ1) is 16.4. The Hall–Kier alpha value is -2.49. The number of aryl methyl sites for hydroxylation is 2. The molecule has 2 amide bonds. The average molecular weight is 324 g/mol. The van der Waals surface area contributed by atoms with Crippen molar-refractivity contribution in [3.63, 3.8) is 0 Å². The van der Waals surface area contributed by atoms with Crippen LogP contribution in [-0.4, -0.2) is 30.1 Å². The molecular weight excluding hydrogens is 300 g/mol. The van der Waals surface area contributed by atoms with Crippen molar-refractivity contribution in [3.8, 4) is 5.75 Å². The molecule has 1 fully saturated rings. The monoisotopic (exact) mass is 324 g/mol. The third-order valence-corrected chi connectivity index (χ3v) is 4.39. The number of carbonyl (C=O) groups excluding carboxylic acids is 1. The number of likely N-dealkylation sites (tertiary alicyclic amines) is 1. The lowest BCUT2D eigenvalue weighted by Gasteiger charge is -2.32. The molecule has 1 heterocycles. The zero-order valence-corrected chi connectivity index (χ0v) is 14.3. The number of urea groups is 1. The highest BCUT2D eigenvalue weighted by Crippen LogP contribution is 2.24.